The maximum atomic E-state index is 12.6. The molecule has 1 heterocycles. The summed E-state index contributed by atoms with van der Waals surface area (Å²) in [6.45, 7) is 1.61. The summed E-state index contributed by atoms with van der Waals surface area (Å²) in [5.74, 6) is -1.02. The first-order valence-corrected chi connectivity index (χ1v) is 5.92. The Morgan fingerprint density at radius 1 is 1.24 bits per heavy atom. The number of hydrogen-bond acceptors (Lipinski definition) is 3. The van der Waals surface area contributed by atoms with Crippen LogP contribution in [0.1, 0.15) is 21.6 Å². The molecule has 0 bridgehead atoms. The van der Waals surface area contributed by atoms with Gasteiger partial charge in [0.2, 0.25) is 0 Å². The minimum Gasteiger partial charge on any atom is -0.478 e. The van der Waals surface area contributed by atoms with Crippen LogP contribution in [0.15, 0.2) is 36.4 Å². The molecule has 110 valence electrons. The number of aromatic carboxylic acids is 1. The van der Waals surface area contributed by atoms with Gasteiger partial charge in [0.05, 0.1) is 5.56 Å². The number of rotatable bonds is 3. The quantitative estimate of drug-likeness (QED) is 0.903. The number of aryl methyl sites for hydroxylation is 1. The molecule has 1 aromatic heterocycles. The third-order valence-corrected chi connectivity index (χ3v) is 2.77. The van der Waals surface area contributed by atoms with Gasteiger partial charge in [-0.1, -0.05) is 6.07 Å². The van der Waals surface area contributed by atoms with Crippen LogP contribution >= 0.6 is 0 Å². The van der Waals surface area contributed by atoms with Crippen molar-refractivity contribution in [3.05, 3.63) is 53.2 Å². The van der Waals surface area contributed by atoms with Gasteiger partial charge in [0, 0.05) is 5.69 Å². The summed E-state index contributed by atoms with van der Waals surface area (Å²) < 4.78 is 37.7. The minimum absolute atomic E-state index is 0.0345. The number of anilines is 2. The Hall–Kier alpha value is -2.57. The van der Waals surface area contributed by atoms with Crippen LogP contribution in [0.3, 0.4) is 0 Å². The van der Waals surface area contributed by atoms with Crippen LogP contribution in [0.5, 0.6) is 0 Å². The summed E-state index contributed by atoms with van der Waals surface area (Å²) in [5, 5.41) is 11.6. The van der Waals surface area contributed by atoms with Crippen molar-refractivity contribution in [3.8, 4) is 0 Å². The van der Waals surface area contributed by atoms with Gasteiger partial charge in [0.1, 0.15) is 11.5 Å². The molecule has 0 radical (unpaired) electrons. The Morgan fingerprint density at radius 2 is 1.95 bits per heavy atom. The summed E-state index contributed by atoms with van der Waals surface area (Å²) in [7, 11) is 0. The van der Waals surface area contributed by atoms with Crippen molar-refractivity contribution in [1.29, 1.82) is 0 Å². The lowest BCUT2D eigenvalue weighted by Crippen LogP contribution is -2.09. The molecular weight excluding hydrogens is 285 g/mol. The lowest BCUT2D eigenvalue weighted by molar-refractivity contribution is -0.141. The van der Waals surface area contributed by atoms with E-state index in [-0.39, 0.29) is 11.4 Å². The van der Waals surface area contributed by atoms with E-state index in [1.807, 2.05) is 0 Å². The molecule has 0 spiro atoms. The van der Waals surface area contributed by atoms with Crippen molar-refractivity contribution in [2.45, 2.75) is 13.1 Å². The minimum atomic E-state index is -4.51. The number of nitrogens with zero attached hydrogens (tertiary/aromatic N) is 1. The average Bonchev–Trinajstić information content (AvgIpc) is 2.37. The van der Waals surface area contributed by atoms with E-state index in [4.69, 9.17) is 5.11 Å². The van der Waals surface area contributed by atoms with Gasteiger partial charge in [-0.3, -0.25) is 0 Å². The van der Waals surface area contributed by atoms with Crippen molar-refractivity contribution in [1.82, 2.24) is 4.98 Å². The van der Waals surface area contributed by atoms with Crippen molar-refractivity contribution in [2.75, 3.05) is 5.32 Å². The van der Waals surface area contributed by atoms with Crippen LogP contribution in [0.4, 0.5) is 24.7 Å². The molecule has 1 aromatic carbocycles. The summed E-state index contributed by atoms with van der Waals surface area (Å²) in [6, 6.07) is 7.91. The van der Waals surface area contributed by atoms with Crippen molar-refractivity contribution >= 4 is 17.5 Å². The third-order valence-electron chi connectivity index (χ3n) is 2.77. The number of pyridine rings is 1. The Bertz CT molecular complexity index is 684. The SMILES string of the molecule is Cc1cc(Nc2cccc(C(F)(F)F)n2)ccc1C(=O)O. The molecule has 2 N–H and O–H groups in total. The average molecular weight is 296 g/mol. The number of carboxylic acid groups (broad SMARTS) is 1. The van der Waals surface area contributed by atoms with Crippen LogP contribution < -0.4 is 5.32 Å². The molecule has 0 unspecified atom stereocenters. The second-order valence-corrected chi connectivity index (χ2v) is 4.37. The smallest absolute Gasteiger partial charge is 0.433 e. The van der Waals surface area contributed by atoms with Gasteiger partial charge in [0.15, 0.2) is 0 Å². The van der Waals surface area contributed by atoms with Crippen molar-refractivity contribution in [3.63, 3.8) is 0 Å². The van der Waals surface area contributed by atoms with E-state index in [0.29, 0.717) is 11.3 Å². The van der Waals surface area contributed by atoms with Crippen molar-refractivity contribution < 1.29 is 23.1 Å². The largest absolute Gasteiger partial charge is 0.478 e. The zero-order valence-corrected chi connectivity index (χ0v) is 10.9. The van der Waals surface area contributed by atoms with Crippen LogP contribution in [0.2, 0.25) is 0 Å². The molecule has 0 fully saturated rings. The highest BCUT2D eigenvalue weighted by atomic mass is 19.4. The first-order valence-electron chi connectivity index (χ1n) is 5.92. The van der Waals surface area contributed by atoms with Crippen LogP contribution in [-0.4, -0.2) is 16.1 Å². The molecule has 2 rings (SSSR count). The number of carbonyl (C=O) groups is 1. The summed E-state index contributed by atoms with van der Waals surface area (Å²) in [6.07, 6.45) is -4.51. The van der Waals surface area contributed by atoms with Gasteiger partial charge >= 0.3 is 12.1 Å². The molecule has 0 aliphatic rings. The molecule has 0 atom stereocenters. The highest BCUT2D eigenvalue weighted by Crippen LogP contribution is 2.29. The summed E-state index contributed by atoms with van der Waals surface area (Å²) in [4.78, 5) is 14.4. The lowest BCUT2D eigenvalue weighted by atomic mass is 10.1. The van der Waals surface area contributed by atoms with Gasteiger partial charge in [-0.05, 0) is 42.8 Å². The summed E-state index contributed by atoms with van der Waals surface area (Å²) >= 11 is 0. The molecule has 0 aliphatic heterocycles. The molecule has 2 aromatic rings. The van der Waals surface area contributed by atoms with Crippen LogP contribution in [-0.2, 0) is 6.18 Å². The molecule has 4 nitrogen and oxygen atoms in total. The normalized spacial score (nSPS) is 11.2. The first-order chi connectivity index (χ1) is 9.77. The number of benzene rings is 1. The monoisotopic (exact) mass is 296 g/mol. The van der Waals surface area contributed by atoms with E-state index >= 15 is 0 Å². The number of hydrogen-bond donors (Lipinski definition) is 2. The first kappa shape index (κ1) is 14.8. The second-order valence-electron chi connectivity index (χ2n) is 4.37. The number of halogens is 3. The topological polar surface area (TPSA) is 62.2 Å². The standard InChI is InChI=1S/C14H11F3N2O2/c1-8-7-9(5-6-10(8)13(20)21)18-12-4-2-3-11(19-12)14(15,16)17/h2-7H,1H3,(H,18,19)(H,20,21). The third kappa shape index (κ3) is 3.50. The Kier molecular flexibility index (Phi) is 3.84. The number of nitrogens with one attached hydrogen (secondary N) is 1. The number of alkyl halides is 3. The zero-order chi connectivity index (χ0) is 15.6. The molecule has 21 heavy (non-hydrogen) atoms. The highest BCUT2D eigenvalue weighted by molar-refractivity contribution is 5.90. The molecular formula is C14H11F3N2O2. The second kappa shape index (κ2) is 5.43. The van der Waals surface area contributed by atoms with Crippen LogP contribution in [0, 0.1) is 6.92 Å². The predicted molar refractivity (Wildman–Crippen MR) is 70.7 cm³/mol. The van der Waals surface area contributed by atoms with E-state index in [9.17, 15) is 18.0 Å². The molecule has 0 aliphatic carbocycles. The van der Waals surface area contributed by atoms with E-state index in [2.05, 4.69) is 10.3 Å². The molecule has 7 heteroatoms. The number of carboxylic acids is 1. The lowest BCUT2D eigenvalue weighted by Gasteiger charge is -2.10. The fourth-order valence-corrected chi connectivity index (χ4v) is 1.79. The Morgan fingerprint density at radius 3 is 2.52 bits per heavy atom. The Balaban J connectivity index is 2.27. The fourth-order valence-electron chi connectivity index (χ4n) is 1.79. The molecule has 0 saturated heterocycles. The fraction of sp³-hybridized carbons (Fsp3) is 0.143. The molecule has 0 amide bonds. The van der Waals surface area contributed by atoms with Crippen LogP contribution in [0.25, 0.3) is 0 Å². The van der Waals surface area contributed by atoms with E-state index in [1.54, 1.807) is 6.92 Å². The number of aromatic nitrogens is 1. The highest BCUT2D eigenvalue weighted by Gasteiger charge is 2.32. The predicted octanol–water partition coefficient (Wildman–Crippen LogP) is 3.85. The maximum absolute atomic E-state index is 12.6. The van der Waals surface area contributed by atoms with Gasteiger partial charge in [0.25, 0.3) is 0 Å². The van der Waals surface area contributed by atoms with E-state index < -0.39 is 17.8 Å². The summed E-state index contributed by atoms with van der Waals surface area (Å²) in [5.41, 5.74) is 0.104. The van der Waals surface area contributed by atoms with Gasteiger partial charge in [-0.15, -0.1) is 0 Å². The molecule has 0 saturated carbocycles. The Labute approximate surface area is 118 Å². The zero-order valence-electron chi connectivity index (χ0n) is 10.9. The van der Waals surface area contributed by atoms with Gasteiger partial charge in [-0.2, -0.15) is 13.2 Å². The van der Waals surface area contributed by atoms with Crippen molar-refractivity contribution in [2.24, 2.45) is 0 Å². The maximum Gasteiger partial charge on any atom is 0.433 e. The van der Waals surface area contributed by atoms with E-state index in [1.165, 1.54) is 30.3 Å². The van der Waals surface area contributed by atoms with Gasteiger partial charge in [-0.25, -0.2) is 9.78 Å². The van der Waals surface area contributed by atoms with Gasteiger partial charge < -0.3 is 10.4 Å². The van der Waals surface area contributed by atoms with E-state index in [0.717, 1.165) is 6.07 Å².